The van der Waals surface area contributed by atoms with Gasteiger partial charge in [0.15, 0.2) is 0 Å². The molecule has 0 aliphatic heterocycles. The summed E-state index contributed by atoms with van der Waals surface area (Å²) in [6.07, 6.45) is 41.8. The zero-order valence-electron chi connectivity index (χ0n) is 28.1. The molecule has 1 atom stereocenters. The number of rotatable bonds is 33. The van der Waals surface area contributed by atoms with Crippen LogP contribution in [0.15, 0.2) is 24.3 Å². The first kappa shape index (κ1) is 40.4. The average molecular weight is 591 g/mol. The van der Waals surface area contributed by atoms with E-state index in [1.807, 2.05) is 0 Å². The largest absolute Gasteiger partial charge is 0.481 e. The van der Waals surface area contributed by atoms with Gasteiger partial charge in [-0.05, 0) is 64.2 Å². The molecule has 0 saturated heterocycles. The van der Waals surface area contributed by atoms with Crippen LogP contribution >= 0.6 is 0 Å². The lowest BCUT2D eigenvalue weighted by atomic mass is 10.0. The van der Waals surface area contributed by atoms with Crippen molar-refractivity contribution in [3.63, 3.8) is 0 Å². The van der Waals surface area contributed by atoms with Gasteiger partial charge in [-0.25, -0.2) is 0 Å². The SMILES string of the molecule is CCCCC/C=C\C/C=C\CCCCCCCC(=O)OC(CCCCCCCCCCCCCCC)CCCC(=O)O. The minimum atomic E-state index is -0.772. The van der Waals surface area contributed by atoms with Gasteiger partial charge in [0.25, 0.3) is 0 Å². The standard InChI is InChI=1S/C38H70O4/c1-3-5-7-9-11-13-15-17-18-20-22-24-26-28-30-35-38(41)42-36(33-31-34-37(39)40)32-29-27-25-23-21-19-16-14-12-10-8-6-4-2/h11,13,17-18,36H,3-10,12,14-16,19-35H2,1-2H3,(H,39,40)/b13-11-,18-17-. The normalized spacial score (nSPS) is 12.4. The fourth-order valence-electron chi connectivity index (χ4n) is 5.46. The van der Waals surface area contributed by atoms with E-state index in [0.29, 0.717) is 19.3 Å². The first-order valence-electron chi connectivity index (χ1n) is 18.3. The molecule has 4 nitrogen and oxygen atoms in total. The molecule has 0 aliphatic rings. The van der Waals surface area contributed by atoms with Gasteiger partial charge in [0, 0.05) is 12.8 Å². The molecule has 0 amide bonds. The maximum absolute atomic E-state index is 12.5. The number of carboxylic acid groups (broad SMARTS) is 1. The van der Waals surface area contributed by atoms with Crippen molar-refractivity contribution in [3.8, 4) is 0 Å². The molecule has 0 saturated carbocycles. The Kier molecular flexibility index (Phi) is 32.6. The van der Waals surface area contributed by atoms with E-state index in [1.165, 1.54) is 122 Å². The van der Waals surface area contributed by atoms with Crippen molar-refractivity contribution >= 4 is 11.9 Å². The van der Waals surface area contributed by atoms with Gasteiger partial charge in [0.2, 0.25) is 0 Å². The molecule has 0 bridgehead atoms. The number of hydrogen-bond acceptors (Lipinski definition) is 3. The van der Waals surface area contributed by atoms with E-state index in [0.717, 1.165) is 38.5 Å². The van der Waals surface area contributed by atoms with Crippen molar-refractivity contribution in [2.24, 2.45) is 0 Å². The quantitative estimate of drug-likeness (QED) is 0.0469. The van der Waals surface area contributed by atoms with Crippen molar-refractivity contribution in [2.75, 3.05) is 0 Å². The predicted molar refractivity (Wildman–Crippen MR) is 181 cm³/mol. The summed E-state index contributed by atoms with van der Waals surface area (Å²) in [5.74, 6) is -0.873. The molecule has 0 heterocycles. The lowest BCUT2D eigenvalue weighted by Crippen LogP contribution is -2.18. The third-order valence-electron chi connectivity index (χ3n) is 8.18. The smallest absolute Gasteiger partial charge is 0.306 e. The molecule has 0 aromatic heterocycles. The van der Waals surface area contributed by atoms with Crippen LogP contribution in [0.1, 0.15) is 200 Å². The summed E-state index contributed by atoms with van der Waals surface area (Å²) >= 11 is 0. The first-order valence-corrected chi connectivity index (χ1v) is 18.3. The van der Waals surface area contributed by atoms with Crippen LogP contribution in [0.3, 0.4) is 0 Å². The van der Waals surface area contributed by atoms with E-state index in [1.54, 1.807) is 0 Å². The summed E-state index contributed by atoms with van der Waals surface area (Å²) in [6, 6.07) is 0. The van der Waals surface area contributed by atoms with E-state index in [9.17, 15) is 9.59 Å². The lowest BCUT2D eigenvalue weighted by molar-refractivity contribution is -0.150. The second kappa shape index (κ2) is 33.9. The number of esters is 1. The molecule has 1 N–H and O–H groups in total. The molecular weight excluding hydrogens is 520 g/mol. The number of carboxylic acids is 1. The highest BCUT2D eigenvalue weighted by Gasteiger charge is 2.15. The van der Waals surface area contributed by atoms with E-state index in [2.05, 4.69) is 38.2 Å². The van der Waals surface area contributed by atoms with Gasteiger partial charge in [-0.2, -0.15) is 0 Å². The maximum atomic E-state index is 12.5. The highest BCUT2D eigenvalue weighted by molar-refractivity contribution is 5.69. The van der Waals surface area contributed by atoms with Crippen molar-refractivity contribution in [1.29, 1.82) is 0 Å². The molecule has 0 spiro atoms. The van der Waals surface area contributed by atoms with Crippen LogP contribution in [0.2, 0.25) is 0 Å². The van der Waals surface area contributed by atoms with E-state index in [-0.39, 0.29) is 18.5 Å². The van der Waals surface area contributed by atoms with Gasteiger partial charge < -0.3 is 9.84 Å². The number of unbranched alkanes of at least 4 members (excludes halogenated alkanes) is 20. The summed E-state index contributed by atoms with van der Waals surface area (Å²) in [7, 11) is 0. The third-order valence-corrected chi connectivity index (χ3v) is 8.18. The number of allylic oxidation sites excluding steroid dienone is 4. The second-order valence-corrected chi connectivity index (χ2v) is 12.4. The Labute approximate surface area is 261 Å². The van der Waals surface area contributed by atoms with Crippen LogP contribution in [0, 0.1) is 0 Å². The number of carbonyl (C=O) groups is 2. The molecule has 0 rings (SSSR count). The van der Waals surface area contributed by atoms with Gasteiger partial charge in [0.05, 0.1) is 0 Å². The van der Waals surface area contributed by atoms with Gasteiger partial charge in [-0.3, -0.25) is 9.59 Å². The van der Waals surface area contributed by atoms with Crippen molar-refractivity contribution in [3.05, 3.63) is 24.3 Å². The maximum Gasteiger partial charge on any atom is 0.306 e. The van der Waals surface area contributed by atoms with Gasteiger partial charge in [0.1, 0.15) is 6.10 Å². The molecule has 0 fully saturated rings. The lowest BCUT2D eigenvalue weighted by Gasteiger charge is -2.18. The van der Waals surface area contributed by atoms with E-state index in [4.69, 9.17) is 9.84 Å². The molecule has 0 radical (unpaired) electrons. The number of aliphatic carboxylic acids is 1. The molecule has 42 heavy (non-hydrogen) atoms. The van der Waals surface area contributed by atoms with Crippen LogP contribution in [-0.2, 0) is 14.3 Å². The van der Waals surface area contributed by atoms with E-state index < -0.39 is 5.97 Å². The first-order chi connectivity index (χ1) is 20.6. The van der Waals surface area contributed by atoms with Crippen LogP contribution in [0.5, 0.6) is 0 Å². The Hall–Kier alpha value is -1.58. The van der Waals surface area contributed by atoms with Crippen molar-refractivity contribution in [2.45, 2.75) is 206 Å². The second-order valence-electron chi connectivity index (χ2n) is 12.4. The average Bonchev–Trinajstić information content (AvgIpc) is 2.97. The molecule has 0 aromatic carbocycles. The molecule has 1 unspecified atom stereocenters. The monoisotopic (exact) mass is 591 g/mol. The third kappa shape index (κ3) is 32.9. The van der Waals surface area contributed by atoms with Crippen molar-refractivity contribution in [1.82, 2.24) is 0 Å². The Morgan fingerprint density at radius 2 is 0.952 bits per heavy atom. The molecule has 4 heteroatoms. The molecule has 0 aromatic rings. The summed E-state index contributed by atoms with van der Waals surface area (Å²) in [4.78, 5) is 23.4. The van der Waals surface area contributed by atoms with Crippen LogP contribution in [0.25, 0.3) is 0 Å². The Morgan fingerprint density at radius 3 is 1.50 bits per heavy atom. The number of carbonyl (C=O) groups excluding carboxylic acids is 1. The molecular formula is C38H70O4. The molecule has 246 valence electrons. The summed E-state index contributed by atoms with van der Waals surface area (Å²) < 4.78 is 5.81. The summed E-state index contributed by atoms with van der Waals surface area (Å²) in [5, 5.41) is 9.00. The van der Waals surface area contributed by atoms with Gasteiger partial charge in [-0.15, -0.1) is 0 Å². The summed E-state index contributed by atoms with van der Waals surface area (Å²) in [6.45, 7) is 4.51. The fourth-order valence-corrected chi connectivity index (χ4v) is 5.46. The fraction of sp³-hybridized carbons (Fsp3) is 0.842. The van der Waals surface area contributed by atoms with Crippen molar-refractivity contribution < 1.29 is 19.4 Å². The topological polar surface area (TPSA) is 63.6 Å². The summed E-state index contributed by atoms with van der Waals surface area (Å²) in [5.41, 5.74) is 0. The highest BCUT2D eigenvalue weighted by Crippen LogP contribution is 2.18. The molecule has 0 aliphatic carbocycles. The van der Waals surface area contributed by atoms with Crippen LogP contribution in [-0.4, -0.2) is 23.1 Å². The zero-order valence-corrected chi connectivity index (χ0v) is 28.1. The Morgan fingerprint density at radius 1 is 0.524 bits per heavy atom. The van der Waals surface area contributed by atoms with E-state index >= 15 is 0 Å². The zero-order chi connectivity index (χ0) is 30.8. The minimum Gasteiger partial charge on any atom is -0.481 e. The van der Waals surface area contributed by atoms with Gasteiger partial charge >= 0.3 is 11.9 Å². The highest BCUT2D eigenvalue weighted by atomic mass is 16.5. The Bertz CT molecular complexity index is 639. The number of hydrogen-bond donors (Lipinski definition) is 1. The van der Waals surface area contributed by atoms with Gasteiger partial charge in [-0.1, -0.05) is 147 Å². The van der Waals surface area contributed by atoms with Crippen LogP contribution in [0.4, 0.5) is 0 Å². The number of ether oxygens (including phenoxy) is 1. The Balaban J connectivity index is 3.86. The predicted octanol–water partition coefficient (Wildman–Crippen LogP) is 12.4. The van der Waals surface area contributed by atoms with Crippen LogP contribution < -0.4 is 0 Å². The minimum absolute atomic E-state index is 0.101.